The zero-order valence-corrected chi connectivity index (χ0v) is 15.5. The Morgan fingerprint density at radius 1 is 0.923 bits per heavy atom. The lowest BCUT2D eigenvalue weighted by molar-refractivity contribution is -0.127. The van der Waals surface area contributed by atoms with Crippen molar-refractivity contribution in [1.29, 1.82) is 0 Å². The number of halogens is 1. The Balaban J connectivity index is 1.44. The maximum absolute atomic E-state index is 12.3. The van der Waals surface area contributed by atoms with E-state index in [2.05, 4.69) is 29.2 Å². The van der Waals surface area contributed by atoms with E-state index in [0.29, 0.717) is 5.02 Å². The molecule has 1 aliphatic rings. The number of hydrogen-bond acceptors (Lipinski definition) is 2. The third-order valence-electron chi connectivity index (χ3n) is 4.42. The van der Waals surface area contributed by atoms with Crippen molar-refractivity contribution in [2.45, 2.75) is 0 Å². The van der Waals surface area contributed by atoms with Crippen LogP contribution in [0.2, 0.25) is 5.02 Å². The highest BCUT2D eigenvalue weighted by Gasteiger charge is 2.18. The molecular weight excluding hydrogens is 344 g/mol. The second kappa shape index (κ2) is 9.37. The van der Waals surface area contributed by atoms with Gasteiger partial charge in [-0.05, 0) is 29.3 Å². The second-order valence-corrected chi connectivity index (χ2v) is 6.76. The van der Waals surface area contributed by atoms with E-state index in [4.69, 9.17) is 11.6 Å². The number of amides is 1. The predicted octanol–water partition coefficient (Wildman–Crippen LogP) is 4.21. The minimum absolute atomic E-state index is 0.0597. The quantitative estimate of drug-likeness (QED) is 0.740. The second-order valence-electron chi connectivity index (χ2n) is 6.33. The lowest BCUT2D eigenvalue weighted by atomic mass is 10.2. The first kappa shape index (κ1) is 18.4. The van der Waals surface area contributed by atoms with Crippen LogP contribution in [0.5, 0.6) is 0 Å². The van der Waals surface area contributed by atoms with Gasteiger partial charge >= 0.3 is 0 Å². The van der Waals surface area contributed by atoms with Gasteiger partial charge in [0.25, 0.3) is 0 Å². The molecule has 134 valence electrons. The summed E-state index contributed by atoms with van der Waals surface area (Å²) in [4.78, 5) is 16.6. The molecule has 1 heterocycles. The van der Waals surface area contributed by atoms with Crippen molar-refractivity contribution in [3.63, 3.8) is 0 Å². The summed E-state index contributed by atoms with van der Waals surface area (Å²) in [6.45, 7) is 4.23. The summed E-state index contributed by atoms with van der Waals surface area (Å²) in [7, 11) is 0. The summed E-state index contributed by atoms with van der Waals surface area (Å²) in [5, 5.41) is 0.678. The molecule has 1 fully saturated rings. The molecule has 0 bridgehead atoms. The van der Waals surface area contributed by atoms with Gasteiger partial charge in [-0.1, -0.05) is 66.2 Å². The SMILES string of the molecule is O=C(C=Cc1cccc(Cl)c1)N1CCN(CC=Cc2ccccc2)CC1. The van der Waals surface area contributed by atoms with Crippen LogP contribution in [0.3, 0.4) is 0 Å². The minimum atomic E-state index is 0.0597. The van der Waals surface area contributed by atoms with E-state index in [9.17, 15) is 4.79 Å². The standard InChI is InChI=1S/C22H23ClN2O/c23-21-10-4-8-20(18-21)11-12-22(26)25-16-14-24(15-17-25)13-5-9-19-6-2-1-3-7-19/h1-12,18H,13-17H2. The molecule has 3 rings (SSSR count). The summed E-state index contributed by atoms with van der Waals surface area (Å²) in [6.07, 6.45) is 7.79. The van der Waals surface area contributed by atoms with Crippen molar-refractivity contribution < 1.29 is 4.79 Å². The number of carbonyl (C=O) groups excluding carboxylic acids is 1. The Labute approximate surface area is 160 Å². The number of carbonyl (C=O) groups is 1. The summed E-state index contributed by atoms with van der Waals surface area (Å²) in [5.74, 6) is 0.0597. The van der Waals surface area contributed by atoms with Gasteiger partial charge in [0.15, 0.2) is 0 Å². The Morgan fingerprint density at radius 3 is 2.38 bits per heavy atom. The number of rotatable bonds is 5. The molecule has 26 heavy (non-hydrogen) atoms. The van der Waals surface area contributed by atoms with Crippen LogP contribution < -0.4 is 0 Å². The number of benzene rings is 2. The summed E-state index contributed by atoms with van der Waals surface area (Å²) < 4.78 is 0. The van der Waals surface area contributed by atoms with Crippen LogP contribution in [0.15, 0.2) is 66.7 Å². The molecule has 1 amide bonds. The third kappa shape index (κ3) is 5.58. The summed E-state index contributed by atoms with van der Waals surface area (Å²) in [6, 6.07) is 17.8. The summed E-state index contributed by atoms with van der Waals surface area (Å²) in [5.41, 5.74) is 2.16. The van der Waals surface area contributed by atoms with E-state index in [1.807, 2.05) is 53.4 Å². The molecule has 0 saturated carbocycles. The van der Waals surface area contributed by atoms with Crippen LogP contribution in [-0.2, 0) is 4.79 Å². The first-order chi connectivity index (χ1) is 12.7. The van der Waals surface area contributed by atoms with Gasteiger partial charge in [0.1, 0.15) is 0 Å². The van der Waals surface area contributed by atoms with Crippen LogP contribution in [0, 0.1) is 0 Å². The fourth-order valence-corrected chi connectivity index (χ4v) is 3.13. The third-order valence-corrected chi connectivity index (χ3v) is 4.66. The Bertz CT molecular complexity index is 778. The van der Waals surface area contributed by atoms with Gasteiger partial charge in [-0.2, -0.15) is 0 Å². The van der Waals surface area contributed by atoms with Crippen LogP contribution in [0.25, 0.3) is 12.2 Å². The highest BCUT2D eigenvalue weighted by Crippen LogP contribution is 2.12. The smallest absolute Gasteiger partial charge is 0.246 e. The zero-order chi connectivity index (χ0) is 18.2. The van der Waals surface area contributed by atoms with Gasteiger partial charge in [-0.25, -0.2) is 0 Å². The first-order valence-corrected chi connectivity index (χ1v) is 9.25. The molecule has 0 aromatic heterocycles. The van der Waals surface area contributed by atoms with Gasteiger partial charge in [0.2, 0.25) is 5.91 Å². The van der Waals surface area contributed by atoms with Crippen LogP contribution in [-0.4, -0.2) is 48.4 Å². The summed E-state index contributed by atoms with van der Waals surface area (Å²) >= 11 is 5.97. The fourth-order valence-electron chi connectivity index (χ4n) is 2.94. The van der Waals surface area contributed by atoms with E-state index >= 15 is 0 Å². The number of nitrogens with zero attached hydrogens (tertiary/aromatic N) is 2. The Hall–Kier alpha value is -2.36. The number of piperazine rings is 1. The Kier molecular flexibility index (Phi) is 6.64. The predicted molar refractivity (Wildman–Crippen MR) is 109 cm³/mol. The van der Waals surface area contributed by atoms with E-state index < -0.39 is 0 Å². The Morgan fingerprint density at radius 2 is 1.65 bits per heavy atom. The topological polar surface area (TPSA) is 23.6 Å². The van der Waals surface area contributed by atoms with Gasteiger partial charge in [0.05, 0.1) is 0 Å². The van der Waals surface area contributed by atoms with Crippen molar-refractivity contribution in [3.05, 3.63) is 82.9 Å². The zero-order valence-electron chi connectivity index (χ0n) is 14.7. The van der Waals surface area contributed by atoms with Gasteiger partial charge < -0.3 is 4.90 Å². The van der Waals surface area contributed by atoms with Crippen molar-refractivity contribution >= 4 is 29.7 Å². The van der Waals surface area contributed by atoms with E-state index in [1.165, 1.54) is 5.56 Å². The molecule has 0 unspecified atom stereocenters. The normalized spacial score (nSPS) is 15.8. The van der Waals surface area contributed by atoms with Crippen molar-refractivity contribution in [1.82, 2.24) is 9.80 Å². The lowest BCUT2D eigenvalue weighted by Crippen LogP contribution is -2.48. The monoisotopic (exact) mass is 366 g/mol. The average molecular weight is 367 g/mol. The molecule has 4 heteroatoms. The van der Waals surface area contributed by atoms with Crippen molar-refractivity contribution in [2.75, 3.05) is 32.7 Å². The average Bonchev–Trinajstić information content (AvgIpc) is 2.68. The molecule has 1 saturated heterocycles. The van der Waals surface area contributed by atoms with E-state index in [0.717, 1.165) is 38.3 Å². The van der Waals surface area contributed by atoms with E-state index in [1.54, 1.807) is 6.08 Å². The molecule has 0 spiro atoms. The van der Waals surface area contributed by atoms with Gasteiger partial charge in [-0.3, -0.25) is 9.69 Å². The maximum Gasteiger partial charge on any atom is 0.246 e. The molecule has 0 atom stereocenters. The van der Waals surface area contributed by atoms with Crippen LogP contribution in [0.1, 0.15) is 11.1 Å². The molecule has 0 radical (unpaired) electrons. The maximum atomic E-state index is 12.3. The van der Waals surface area contributed by atoms with Crippen molar-refractivity contribution in [2.24, 2.45) is 0 Å². The largest absolute Gasteiger partial charge is 0.337 e. The first-order valence-electron chi connectivity index (χ1n) is 8.87. The fraction of sp³-hybridized carbons (Fsp3) is 0.227. The molecule has 1 aliphatic heterocycles. The number of hydrogen-bond donors (Lipinski definition) is 0. The minimum Gasteiger partial charge on any atom is -0.337 e. The molecule has 0 N–H and O–H groups in total. The highest BCUT2D eigenvalue weighted by molar-refractivity contribution is 6.30. The molecule has 3 nitrogen and oxygen atoms in total. The molecule has 2 aromatic rings. The van der Waals surface area contributed by atoms with Gasteiger partial charge in [-0.15, -0.1) is 0 Å². The van der Waals surface area contributed by atoms with Crippen LogP contribution >= 0.6 is 11.6 Å². The molecule has 0 aliphatic carbocycles. The van der Waals surface area contributed by atoms with Gasteiger partial charge in [0, 0.05) is 43.8 Å². The van der Waals surface area contributed by atoms with Crippen molar-refractivity contribution in [3.8, 4) is 0 Å². The lowest BCUT2D eigenvalue weighted by Gasteiger charge is -2.33. The molecule has 2 aromatic carbocycles. The molecular formula is C22H23ClN2O. The highest BCUT2D eigenvalue weighted by atomic mass is 35.5. The van der Waals surface area contributed by atoms with Crippen LogP contribution in [0.4, 0.5) is 0 Å². The van der Waals surface area contributed by atoms with E-state index in [-0.39, 0.29) is 5.91 Å².